The maximum atomic E-state index is 2.66. The Morgan fingerprint density at radius 3 is 2.56 bits per heavy atom. The van der Waals surface area contributed by atoms with E-state index in [4.69, 9.17) is 0 Å². The molecule has 2 aliphatic carbocycles. The summed E-state index contributed by atoms with van der Waals surface area (Å²) in [5.74, 6) is 0. The number of aromatic nitrogens is 1. The Hall–Kier alpha value is -0.370. The molecule has 0 aliphatic heterocycles. The summed E-state index contributed by atoms with van der Waals surface area (Å²) < 4.78 is 2.66. The molecule has 2 heteroatoms. The molecule has 0 bridgehead atoms. The molecule has 88 valence electrons. The summed E-state index contributed by atoms with van der Waals surface area (Å²) >= 11 is 2.02. The van der Waals surface area contributed by atoms with Crippen molar-refractivity contribution in [1.29, 1.82) is 0 Å². The number of fused-ring (bicyclic) bond motifs is 1. The summed E-state index contributed by atoms with van der Waals surface area (Å²) in [4.78, 5) is 1.70. The first-order valence-electron chi connectivity index (χ1n) is 6.95. The predicted molar refractivity (Wildman–Crippen MR) is 67.9 cm³/mol. The molecule has 0 N–H and O–H groups in total. The van der Waals surface area contributed by atoms with Crippen molar-refractivity contribution in [3.63, 3.8) is 0 Å². The lowest BCUT2D eigenvalue weighted by Gasteiger charge is -2.17. The van der Waals surface area contributed by atoms with Gasteiger partial charge < -0.3 is 0 Å². The topological polar surface area (TPSA) is 3.88 Å². The quantitative estimate of drug-likeness (QED) is 0.516. The molecule has 1 fully saturated rings. The Balaban J connectivity index is 1.86. The summed E-state index contributed by atoms with van der Waals surface area (Å²) in [5, 5.41) is 0. The van der Waals surface area contributed by atoms with Crippen LogP contribution in [-0.2, 0) is 12.8 Å². The summed E-state index contributed by atoms with van der Waals surface area (Å²) in [5.41, 5.74) is 4.13. The third-order valence-corrected chi connectivity index (χ3v) is 5.28. The predicted octanol–water partition coefficient (Wildman–Crippen LogP) is 3.81. The van der Waals surface area contributed by atoms with E-state index in [0.717, 1.165) is 6.04 Å². The van der Waals surface area contributed by atoms with Gasteiger partial charge in [-0.1, -0.05) is 24.2 Å². The van der Waals surface area contributed by atoms with Crippen LogP contribution in [0.4, 0.5) is 0 Å². The first-order valence-corrected chi connectivity index (χ1v) is 7.83. The van der Waals surface area contributed by atoms with Crippen molar-refractivity contribution in [3.05, 3.63) is 16.1 Å². The molecule has 16 heavy (non-hydrogen) atoms. The van der Waals surface area contributed by atoms with Crippen LogP contribution in [0.15, 0.2) is 5.51 Å². The van der Waals surface area contributed by atoms with Gasteiger partial charge in [0.15, 0.2) is 11.7 Å². The highest BCUT2D eigenvalue weighted by Gasteiger charge is 2.29. The molecule has 0 atom stereocenters. The van der Waals surface area contributed by atoms with Crippen LogP contribution in [0.5, 0.6) is 0 Å². The highest BCUT2D eigenvalue weighted by Crippen LogP contribution is 2.28. The maximum Gasteiger partial charge on any atom is 0.225 e. The molecular formula is C14H22NS+. The van der Waals surface area contributed by atoms with E-state index in [9.17, 15) is 0 Å². The van der Waals surface area contributed by atoms with Crippen molar-refractivity contribution in [2.75, 3.05) is 0 Å². The van der Waals surface area contributed by atoms with E-state index in [2.05, 4.69) is 10.1 Å². The Labute approximate surface area is 103 Å². The van der Waals surface area contributed by atoms with E-state index >= 15 is 0 Å². The number of rotatable bonds is 1. The fourth-order valence-corrected chi connectivity index (χ4v) is 4.43. The van der Waals surface area contributed by atoms with Gasteiger partial charge in [-0.25, -0.2) is 0 Å². The van der Waals surface area contributed by atoms with Crippen molar-refractivity contribution in [2.24, 2.45) is 0 Å². The van der Waals surface area contributed by atoms with Crippen LogP contribution < -0.4 is 4.57 Å². The van der Waals surface area contributed by atoms with Crippen molar-refractivity contribution < 1.29 is 4.57 Å². The summed E-state index contributed by atoms with van der Waals surface area (Å²) in [6.45, 7) is 0. The molecular weight excluding hydrogens is 214 g/mol. The number of thiazole rings is 1. The van der Waals surface area contributed by atoms with Crippen LogP contribution in [0.25, 0.3) is 0 Å². The van der Waals surface area contributed by atoms with Gasteiger partial charge in [-0.3, -0.25) is 0 Å². The lowest BCUT2D eigenvalue weighted by atomic mass is 9.95. The Morgan fingerprint density at radius 2 is 1.69 bits per heavy atom. The SMILES string of the molecule is c1sc2c([n+]1C1CCCCC1)CCCCC2. The zero-order valence-corrected chi connectivity index (χ0v) is 10.9. The van der Waals surface area contributed by atoms with Crippen molar-refractivity contribution in [1.82, 2.24) is 0 Å². The lowest BCUT2D eigenvalue weighted by molar-refractivity contribution is -0.728. The fraction of sp³-hybridized carbons (Fsp3) is 0.786. The van der Waals surface area contributed by atoms with Crippen molar-refractivity contribution >= 4 is 11.3 Å². The van der Waals surface area contributed by atoms with E-state index < -0.39 is 0 Å². The third kappa shape index (κ3) is 2.04. The van der Waals surface area contributed by atoms with Gasteiger partial charge in [0, 0.05) is 19.3 Å². The lowest BCUT2D eigenvalue weighted by Crippen LogP contribution is -2.42. The summed E-state index contributed by atoms with van der Waals surface area (Å²) in [6, 6.07) is 0.840. The average Bonchev–Trinajstić information content (AvgIpc) is 2.60. The first kappa shape index (κ1) is 10.8. The van der Waals surface area contributed by atoms with Crippen LogP contribution in [0.2, 0.25) is 0 Å². The van der Waals surface area contributed by atoms with Crippen molar-refractivity contribution in [3.8, 4) is 0 Å². The van der Waals surface area contributed by atoms with Crippen LogP contribution >= 0.6 is 11.3 Å². The molecule has 0 radical (unpaired) electrons. The van der Waals surface area contributed by atoms with E-state index in [0.29, 0.717) is 0 Å². The molecule has 1 aromatic rings. The standard InChI is InChI=1S/C14H22NS/c1-3-7-12(8-4-1)15-11-16-14-10-6-2-5-9-13(14)15/h11-12H,1-10H2/q+1. The second-order valence-corrected chi connectivity index (χ2v) is 6.29. The molecule has 1 aromatic heterocycles. The zero-order valence-electron chi connectivity index (χ0n) is 10.1. The maximum absolute atomic E-state index is 2.66. The van der Waals surface area contributed by atoms with E-state index in [1.165, 1.54) is 64.2 Å². The van der Waals surface area contributed by atoms with Gasteiger partial charge in [0.05, 0.1) is 4.88 Å². The minimum absolute atomic E-state index is 0.840. The minimum Gasteiger partial charge on any atom is -0.190 e. The first-order chi connectivity index (χ1) is 7.95. The normalized spacial score (nSPS) is 22.8. The van der Waals surface area contributed by atoms with Crippen LogP contribution in [0.3, 0.4) is 0 Å². The molecule has 3 rings (SSSR count). The van der Waals surface area contributed by atoms with Gasteiger partial charge in [0.25, 0.3) is 0 Å². The molecule has 2 aliphatic rings. The Kier molecular flexibility index (Phi) is 3.27. The third-order valence-electron chi connectivity index (χ3n) is 4.23. The molecule has 0 amide bonds. The summed E-state index contributed by atoms with van der Waals surface area (Å²) in [6.07, 6.45) is 14.2. The Morgan fingerprint density at radius 1 is 0.938 bits per heavy atom. The second-order valence-electron chi connectivity index (χ2n) is 5.35. The van der Waals surface area contributed by atoms with E-state index in [1.54, 1.807) is 10.6 Å². The van der Waals surface area contributed by atoms with Crippen LogP contribution in [-0.4, -0.2) is 0 Å². The van der Waals surface area contributed by atoms with Gasteiger partial charge in [-0.2, -0.15) is 4.57 Å². The van der Waals surface area contributed by atoms with Crippen LogP contribution in [0.1, 0.15) is 68.0 Å². The minimum atomic E-state index is 0.840. The van der Waals surface area contributed by atoms with Gasteiger partial charge in [0.2, 0.25) is 5.51 Å². The molecule has 0 spiro atoms. The second kappa shape index (κ2) is 4.87. The zero-order chi connectivity index (χ0) is 10.8. The number of hydrogen-bond donors (Lipinski definition) is 0. The molecule has 1 nitrogen and oxygen atoms in total. The fourth-order valence-electron chi connectivity index (χ4n) is 3.29. The summed E-state index contributed by atoms with van der Waals surface area (Å²) in [7, 11) is 0. The molecule has 1 heterocycles. The highest BCUT2D eigenvalue weighted by atomic mass is 32.1. The van der Waals surface area contributed by atoms with Gasteiger partial charge in [-0.15, -0.1) is 0 Å². The van der Waals surface area contributed by atoms with E-state index in [1.807, 2.05) is 11.3 Å². The van der Waals surface area contributed by atoms with E-state index in [-0.39, 0.29) is 0 Å². The number of nitrogens with zero attached hydrogens (tertiary/aromatic N) is 1. The molecule has 0 saturated heterocycles. The number of hydrogen-bond acceptors (Lipinski definition) is 1. The average molecular weight is 236 g/mol. The monoisotopic (exact) mass is 236 g/mol. The van der Waals surface area contributed by atoms with Gasteiger partial charge in [-0.05, 0) is 32.1 Å². The van der Waals surface area contributed by atoms with Crippen LogP contribution in [0, 0.1) is 0 Å². The number of aryl methyl sites for hydroxylation is 1. The van der Waals surface area contributed by atoms with Gasteiger partial charge in [0.1, 0.15) is 0 Å². The highest BCUT2D eigenvalue weighted by molar-refractivity contribution is 7.09. The molecule has 0 aromatic carbocycles. The largest absolute Gasteiger partial charge is 0.225 e. The molecule has 1 saturated carbocycles. The van der Waals surface area contributed by atoms with Crippen molar-refractivity contribution in [2.45, 2.75) is 70.3 Å². The smallest absolute Gasteiger partial charge is 0.190 e. The Bertz CT molecular complexity index is 350. The van der Waals surface area contributed by atoms with Gasteiger partial charge >= 0.3 is 0 Å². The molecule has 0 unspecified atom stereocenters.